The summed E-state index contributed by atoms with van der Waals surface area (Å²) in [5, 5.41) is 2.67. The molecule has 1 amide bonds. The molecule has 0 saturated heterocycles. The average Bonchev–Trinajstić information content (AvgIpc) is 2.18. The standard InChI is InChI=1S/C11H15N3O/c1-8-6-10(7-14-11(8)12)4-3-5-13-9(2)15/h3-4,6-7H,5H2,1-2H3,(H2,12,14)(H,13,15). The van der Waals surface area contributed by atoms with Crippen molar-refractivity contribution in [3.8, 4) is 0 Å². The first-order chi connectivity index (χ1) is 7.09. The molecule has 3 N–H and O–H groups in total. The number of aryl methyl sites for hydroxylation is 1. The van der Waals surface area contributed by atoms with Crippen LogP contribution in [0.5, 0.6) is 0 Å². The molecule has 80 valence electrons. The van der Waals surface area contributed by atoms with Gasteiger partial charge in [-0.25, -0.2) is 4.98 Å². The molecule has 1 aromatic rings. The monoisotopic (exact) mass is 205 g/mol. The van der Waals surface area contributed by atoms with Crippen molar-refractivity contribution in [2.75, 3.05) is 12.3 Å². The van der Waals surface area contributed by atoms with Gasteiger partial charge in [0.2, 0.25) is 5.91 Å². The number of carbonyl (C=O) groups excluding carboxylic acids is 1. The summed E-state index contributed by atoms with van der Waals surface area (Å²) >= 11 is 0. The predicted octanol–water partition coefficient (Wildman–Crippen LogP) is 1.12. The number of nitrogens with zero attached hydrogens (tertiary/aromatic N) is 1. The fraction of sp³-hybridized carbons (Fsp3) is 0.273. The van der Waals surface area contributed by atoms with Crippen LogP contribution in [0.3, 0.4) is 0 Å². The van der Waals surface area contributed by atoms with Gasteiger partial charge in [0.1, 0.15) is 5.82 Å². The minimum absolute atomic E-state index is 0.0359. The van der Waals surface area contributed by atoms with E-state index in [1.54, 1.807) is 6.20 Å². The summed E-state index contributed by atoms with van der Waals surface area (Å²) in [6, 6.07) is 1.95. The number of rotatable bonds is 3. The molecule has 1 heterocycles. The van der Waals surface area contributed by atoms with Gasteiger partial charge in [0.05, 0.1) is 0 Å². The second-order valence-corrected chi connectivity index (χ2v) is 3.31. The molecule has 0 bridgehead atoms. The van der Waals surface area contributed by atoms with Gasteiger partial charge in [-0.1, -0.05) is 12.2 Å². The lowest BCUT2D eigenvalue weighted by molar-refractivity contribution is -0.118. The Labute approximate surface area is 89.2 Å². The zero-order valence-electron chi connectivity index (χ0n) is 8.95. The molecule has 0 saturated carbocycles. The van der Waals surface area contributed by atoms with Crippen LogP contribution in [0.25, 0.3) is 6.08 Å². The summed E-state index contributed by atoms with van der Waals surface area (Å²) in [4.78, 5) is 14.6. The summed E-state index contributed by atoms with van der Waals surface area (Å²) in [5.41, 5.74) is 7.53. The number of nitrogen functional groups attached to an aromatic ring is 1. The maximum absolute atomic E-state index is 10.6. The van der Waals surface area contributed by atoms with Crippen LogP contribution in [0.2, 0.25) is 0 Å². The molecular formula is C11H15N3O. The maximum Gasteiger partial charge on any atom is 0.217 e. The lowest BCUT2D eigenvalue weighted by Crippen LogP contribution is -2.19. The molecule has 0 aliphatic rings. The minimum Gasteiger partial charge on any atom is -0.383 e. The van der Waals surface area contributed by atoms with Gasteiger partial charge in [-0.2, -0.15) is 0 Å². The molecule has 1 aromatic heterocycles. The molecule has 4 nitrogen and oxygen atoms in total. The van der Waals surface area contributed by atoms with Crippen molar-refractivity contribution in [1.29, 1.82) is 0 Å². The van der Waals surface area contributed by atoms with E-state index in [2.05, 4.69) is 10.3 Å². The van der Waals surface area contributed by atoms with E-state index < -0.39 is 0 Å². The number of hydrogen-bond donors (Lipinski definition) is 2. The third-order valence-electron chi connectivity index (χ3n) is 1.92. The highest BCUT2D eigenvalue weighted by Crippen LogP contribution is 2.09. The molecule has 4 heteroatoms. The number of anilines is 1. The van der Waals surface area contributed by atoms with Gasteiger partial charge in [-0.15, -0.1) is 0 Å². The SMILES string of the molecule is CC(=O)NCC=Cc1cnc(N)c(C)c1. The lowest BCUT2D eigenvalue weighted by atomic mass is 10.2. The van der Waals surface area contributed by atoms with Crippen LogP contribution in [0.1, 0.15) is 18.1 Å². The first-order valence-corrected chi connectivity index (χ1v) is 4.72. The number of hydrogen-bond acceptors (Lipinski definition) is 3. The summed E-state index contributed by atoms with van der Waals surface area (Å²) in [7, 11) is 0. The van der Waals surface area contributed by atoms with Crippen LogP contribution in [0.15, 0.2) is 18.3 Å². The number of aromatic nitrogens is 1. The minimum atomic E-state index is -0.0359. The maximum atomic E-state index is 10.6. The first kappa shape index (κ1) is 11.2. The molecule has 0 atom stereocenters. The highest BCUT2D eigenvalue weighted by atomic mass is 16.1. The number of amides is 1. The number of pyridine rings is 1. The van der Waals surface area contributed by atoms with Gasteiger partial charge in [0.15, 0.2) is 0 Å². The van der Waals surface area contributed by atoms with E-state index in [0.29, 0.717) is 12.4 Å². The molecule has 0 aromatic carbocycles. The Hall–Kier alpha value is -1.84. The van der Waals surface area contributed by atoms with E-state index in [4.69, 9.17) is 5.73 Å². The van der Waals surface area contributed by atoms with Crippen molar-refractivity contribution < 1.29 is 4.79 Å². The van der Waals surface area contributed by atoms with Crippen LogP contribution >= 0.6 is 0 Å². The first-order valence-electron chi connectivity index (χ1n) is 4.72. The van der Waals surface area contributed by atoms with Gasteiger partial charge >= 0.3 is 0 Å². The fourth-order valence-electron chi connectivity index (χ4n) is 1.10. The van der Waals surface area contributed by atoms with Crippen LogP contribution in [-0.2, 0) is 4.79 Å². The largest absolute Gasteiger partial charge is 0.383 e. The zero-order chi connectivity index (χ0) is 11.3. The van der Waals surface area contributed by atoms with E-state index in [1.165, 1.54) is 6.92 Å². The molecule has 0 aliphatic heterocycles. The van der Waals surface area contributed by atoms with Crippen molar-refractivity contribution in [3.05, 3.63) is 29.5 Å². The molecule has 0 radical (unpaired) electrons. The van der Waals surface area contributed by atoms with Crippen molar-refractivity contribution in [3.63, 3.8) is 0 Å². The molecule has 15 heavy (non-hydrogen) atoms. The Balaban J connectivity index is 2.57. The quantitative estimate of drug-likeness (QED) is 0.777. The molecule has 1 rings (SSSR count). The Morgan fingerprint density at radius 1 is 1.67 bits per heavy atom. The average molecular weight is 205 g/mol. The van der Waals surface area contributed by atoms with E-state index in [0.717, 1.165) is 11.1 Å². The van der Waals surface area contributed by atoms with Gasteiger partial charge in [-0.05, 0) is 24.1 Å². The van der Waals surface area contributed by atoms with Crippen LogP contribution in [0, 0.1) is 6.92 Å². The Bertz CT molecular complexity index is 385. The summed E-state index contributed by atoms with van der Waals surface area (Å²) in [5.74, 6) is 0.514. The number of nitrogens with two attached hydrogens (primary N) is 1. The van der Waals surface area contributed by atoms with E-state index in [1.807, 2.05) is 25.1 Å². The second-order valence-electron chi connectivity index (χ2n) is 3.31. The summed E-state index contributed by atoms with van der Waals surface area (Å²) < 4.78 is 0. The Morgan fingerprint density at radius 2 is 2.40 bits per heavy atom. The van der Waals surface area contributed by atoms with Crippen LogP contribution in [-0.4, -0.2) is 17.4 Å². The number of nitrogens with one attached hydrogen (secondary N) is 1. The van der Waals surface area contributed by atoms with Crippen molar-refractivity contribution >= 4 is 17.8 Å². The summed E-state index contributed by atoms with van der Waals surface area (Å²) in [6.07, 6.45) is 5.47. The second kappa shape index (κ2) is 5.14. The van der Waals surface area contributed by atoms with Gasteiger partial charge in [0, 0.05) is 19.7 Å². The van der Waals surface area contributed by atoms with Gasteiger partial charge in [0.25, 0.3) is 0 Å². The molecule has 0 spiro atoms. The highest BCUT2D eigenvalue weighted by molar-refractivity contribution is 5.73. The summed E-state index contributed by atoms with van der Waals surface area (Å²) in [6.45, 7) is 3.93. The van der Waals surface area contributed by atoms with Crippen LogP contribution in [0.4, 0.5) is 5.82 Å². The zero-order valence-corrected chi connectivity index (χ0v) is 8.95. The van der Waals surface area contributed by atoms with Crippen molar-refractivity contribution in [1.82, 2.24) is 10.3 Å². The highest BCUT2D eigenvalue weighted by Gasteiger charge is 1.94. The van der Waals surface area contributed by atoms with Gasteiger partial charge in [-0.3, -0.25) is 4.79 Å². The molecule has 0 aliphatic carbocycles. The predicted molar refractivity (Wildman–Crippen MR) is 61.1 cm³/mol. The van der Waals surface area contributed by atoms with E-state index in [9.17, 15) is 4.79 Å². The van der Waals surface area contributed by atoms with E-state index in [-0.39, 0.29) is 5.91 Å². The lowest BCUT2D eigenvalue weighted by Gasteiger charge is -1.99. The van der Waals surface area contributed by atoms with Gasteiger partial charge < -0.3 is 11.1 Å². The van der Waals surface area contributed by atoms with Crippen molar-refractivity contribution in [2.45, 2.75) is 13.8 Å². The Morgan fingerprint density at radius 3 is 3.00 bits per heavy atom. The van der Waals surface area contributed by atoms with Crippen LogP contribution < -0.4 is 11.1 Å². The Kier molecular flexibility index (Phi) is 3.85. The van der Waals surface area contributed by atoms with E-state index >= 15 is 0 Å². The molecule has 0 fully saturated rings. The molecular weight excluding hydrogens is 190 g/mol. The third kappa shape index (κ3) is 3.81. The van der Waals surface area contributed by atoms with Crippen molar-refractivity contribution in [2.24, 2.45) is 0 Å². The number of carbonyl (C=O) groups is 1. The smallest absolute Gasteiger partial charge is 0.217 e. The normalized spacial score (nSPS) is 10.5. The third-order valence-corrected chi connectivity index (χ3v) is 1.92. The topological polar surface area (TPSA) is 68.0 Å². The molecule has 0 unspecified atom stereocenters. The fourth-order valence-corrected chi connectivity index (χ4v) is 1.10.